The molecule has 2 aromatic rings. The fraction of sp³-hybridized carbons (Fsp3) is 0.267. The lowest BCUT2D eigenvalue weighted by atomic mass is 10.2. The van der Waals surface area contributed by atoms with Crippen molar-refractivity contribution in [1.82, 2.24) is 20.1 Å². The summed E-state index contributed by atoms with van der Waals surface area (Å²) in [6, 6.07) is 5.73. The number of carbonyl (C=O) groups is 1. The van der Waals surface area contributed by atoms with Gasteiger partial charge in [-0.1, -0.05) is 35.5 Å². The van der Waals surface area contributed by atoms with Crippen LogP contribution in [0.1, 0.15) is 12.5 Å². The van der Waals surface area contributed by atoms with Crippen LogP contribution in [0.5, 0.6) is 0 Å². The minimum Gasteiger partial charge on any atom is -0.352 e. The lowest BCUT2D eigenvalue weighted by Gasteiger charge is -2.12. The summed E-state index contributed by atoms with van der Waals surface area (Å²) >= 11 is 7.50. The quantitative estimate of drug-likeness (QED) is 0.650. The van der Waals surface area contributed by atoms with Crippen molar-refractivity contribution in [1.29, 1.82) is 0 Å². The number of halogens is 1. The van der Waals surface area contributed by atoms with Gasteiger partial charge in [-0.3, -0.25) is 9.36 Å². The van der Waals surface area contributed by atoms with Gasteiger partial charge in [-0.15, -0.1) is 16.8 Å². The Hall–Kier alpha value is -1.79. The van der Waals surface area contributed by atoms with Gasteiger partial charge in [-0.25, -0.2) is 0 Å². The Labute approximate surface area is 138 Å². The molecular formula is C15H17ClN4OS. The van der Waals surface area contributed by atoms with E-state index in [4.69, 9.17) is 11.6 Å². The van der Waals surface area contributed by atoms with Gasteiger partial charge in [-0.05, 0) is 31.5 Å². The van der Waals surface area contributed by atoms with Crippen LogP contribution in [0.15, 0.2) is 42.3 Å². The van der Waals surface area contributed by atoms with Crippen molar-refractivity contribution in [3.05, 3.63) is 47.8 Å². The van der Waals surface area contributed by atoms with E-state index in [1.165, 1.54) is 11.8 Å². The standard InChI is InChI=1S/C15H17ClN4OS/c1-4-7-17-14(21)11(3)22-15-19-18-9-20(15)12-6-5-10(2)13(16)8-12/h4-6,8-9,11H,1,7H2,2-3H3,(H,17,21). The molecule has 116 valence electrons. The first-order chi connectivity index (χ1) is 10.5. The minimum absolute atomic E-state index is 0.0682. The van der Waals surface area contributed by atoms with E-state index in [2.05, 4.69) is 22.1 Å². The molecule has 1 aromatic carbocycles. The normalized spacial score (nSPS) is 12.0. The summed E-state index contributed by atoms with van der Waals surface area (Å²) in [7, 11) is 0. The first-order valence-corrected chi connectivity index (χ1v) is 8.00. The summed E-state index contributed by atoms with van der Waals surface area (Å²) in [5.74, 6) is -0.0682. The Bertz CT molecular complexity index is 686. The van der Waals surface area contributed by atoms with Crippen molar-refractivity contribution in [2.75, 3.05) is 6.54 Å². The third-order valence-electron chi connectivity index (χ3n) is 3.02. The summed E-state index contributed by atoms with van der Waals surface area (Å²) in [5.41, 5.74) is 1.87. The number of carbonyl (C=O) groups excluding carboxylic acids is 1. The fourth-order valence-electron chi connectivity index (χ4n) is 1.74. The summed E-state index contributed by atoms with van der Waals surface area (Å²) in [5, 5.41) is 11.8. The molecule has 1 atom stereocenters. The van der Waals surface area contributed by atoms with E-state index in [9.17, 15) is 4.79 Å². The topological polar surface area (TPSA) is 59.8 Å². The summed E-state index contributed by atoms with van der Waals surface area (Å²) < 4.78 is 1.81. The van der Waals surface area contributed by atoms with Crippen molar-refractivity contribution in [2.24, 2.45) is 0 Å². The summed E-state index contributed by atoms with van der Waals surface area (Å²) in [4.78, 5) is 11.9. The maximum Gasteiger partial charge on any atom is 0.233 e. The zero-order valence-corrected chi connectivity index (χ0v) is 14.0. The zero-order chi connectivity index (χ0) is 16.1. The smallest absolute Gasteiger partial charge is 0.233 e. The highest BCUT2D eigenvalue weighted by Crippen LogP contribution is 2.26. The molecule has 1 unspecified atom stereocenters. The first-order valence-electron chi connectivity index (χ1n) is 6.74. The highest BCUT2D eigenvalue weighted by atomic mass is 35.5. The fourth-order valence-corrected chi connectivity index (χ4v) is 2.78. The third kappa shape index (κ3) is 3.90. The lowest BCUT2D eigenvalue weighted by molar-refractivity contribution is -0.120. The molecule has 1 aromatic heterocycles. The van der Waals surface area contributed by atoms with E-state index < -0.39 is 0 Å². The predicted octanol–water partition coefficient (Wildman–Crippen LogP) is 3.01. The molecule has 0 bridgehead atoms. The second kappa shape index (κ2) is 7.47. The van der Waals surface area contributed by atoms with Crippen molar-refractivity contribution < 1.29 is 4.79 Å². The summed E-state index contributed by atoms with van der Waals surface area (Å²) in [6.07, 6.45) is 3.25. The lowest BCUT2D eigenvalue weighted by Crippen LogP contribution is -2.31. The van der Waals surface area contributed by atoms with Gasteiger partial charge in [0.2, 0.25) is 5.91 Å². The number of nitrogens with one attached hydrogen (secondary N) is 1. The second-order valence-electron chi connectivity index (χ2n) is 4.71. The minimum atomic E-state index is -0.288. The number of aromatic nitrogens is 3. The van der Waals surface area contributed by atoms with E-state index in [1.807, 2.05) is 36.6 Å². The molecule has 0 aliphatic carbocycles. The SMILES string of the molecule is C=CCNC(=O)C(C)Sc1nncn1-c1ccc(C)c(Cl)c1. The maximum absolute atomic E-state index is 11.9. The van der Waals surface area contributed by atoms with Crippen LogP contribution in [-0.4, -0.2) is 32.5 Å². The Morgan fingerprint density at radius 3 is 3.05 bits per heavy atom. The van der Waals surface area contributed by atoms with Gasteiger partial charge in [0.15, 0.2) is 5.16 Å². The van der Waals surface area contributed by atoms with Crippen LogP contribution in [0, 0.1) is 6.92 Å². The van der Waals surface area contributed by atoms with Gasteiger partial charge >= 0.3 is 0 Å². The molecule has 5 nitrogen and oxygen atoms in total. The van der Waals surface area contributed by atoms with Gasteiger partial charge < -0.3 is 5.32 Å². The molecule has 2 rings (SSSR count). The molecule has 1 amide bonds. The molecule has 7 heteroatoms. The third-order valence-corrected chi connectivity index (χ3v) is 4.49. The van der Waals surface area contributed by atoms with Gasteiger partial charge in [0.1, 0.15) is 6.33 Å². The number of rotatable bonds is 6. The highest BCUT2D eigenvalue weighted by Gasteiger charge is 2.18. The molecular weight excluding hydrogens is 320 g/mol. The van der Waals surface area contributed by atoms with Crippen LogP contribution in [0.25, 0.3) is 5.69 Å². The van der Waals surface area contributed by atoms with E-state index >= 15 is 0 Å². The number of nitrogens with zero attached hydrogens (tertiary/aromatic N) is 3. The number of thioether (sulfide) groups is 1. The number of hydrogen-bond acceptors (Lipinski definition) is 4. The van der Waals surface area contributed by atoms with E-state index in [1.54, 1.807) is 12.4 Å². The van der Waals surface area contributed by atoms with Crippen LogP contribution in [0.2, 0.25) is 5.02 Å². The van der Waals surface area contributed by atoms with Crippen molar-refractivity contribution in [2.45, 2.75) is 24.3 Å². The average molecular weight is 337 g/mol. The van der Waals surface area contributed by atoms with Crippen LogP contribution < -0.4 is 5.32 Å². The summed E-state index contributed by atoms with van der Waals surface area (Å²) in [6.45, 7) is 7.79. The molecule has 22 heavy (non-hydrogen) atoms. The van der Waals surface area contributed by atoms with Crippen LogP contribution in [0.3, 0.4) is 0 Å². The maximum atomic E-state index is 11.9. The van der Waals surface area contributed by atoms with Gasteiger partial charge in [0.05, 0.1) is 10.9 Å². The molecule has 0 aliphatic rings. The number of benzene rings is 1. The Morgan fingerprint density at radius 2 is 2.36 bits per heavy atom. The largest absolute Gasteiger partial charge is 0.352 e. The highest BCUT2D eigenvalue weighted by molar-refractivity contribution is 8.00. The Morgan fingerprint density at radius 1 is 1.59 bits per heavy atom. The van der Waals surface area contributed by atoms with Crippen LogP contribution >= 0.6 is 23.4 Å². The molecule has 1 N–H and O–H groups in total. The van der Waals surface area contributed by atoms with Gasteiger partial charge in [0, 0.05) is 11.6 Å². The van der Waals surface area contributed by atoms with Crippen molar-refractivity contribution >= 4 is 29.3 Å². The van der Waals surface area contributed by atoms with Crippen LogP contribution in [-0.2, 0) is 4.79 Å². The zero-order valence-electron chi connectivity index (χ0n) is 12.4. The number of amides is 1. The van der Waals surface area contributed by atoms with Crippen molar-refractivity contribution in [3.63, 3.8) is 0 Å². The Kier molecular flexibility index (Phi) is 5.63. The van der Waals surface area contributed by atoms with E-state index in [0.717, 1.165) is 11.3 Å². The second-order valence-corrected chi connectivity index (χ2v) is 6.43. The van der Waals surface area contributed by atoms with Crippen LogP contribution in [0.4, 0.5) is 0 Å². The van der Waals surface area contributed by atoms with E-state index in [0.29, 0.717) is 16.7 Å². The molecule has 1 heterocycles. The predicted molar refractivity (Wildman–Crippen MR) is 89.6 cm³/mol. The number of aryl methyl sites for hydroxylation is 1. The number of hydrogen-bond donors (Lipinski definition) is 1. The molecule has 0 saturated carbocycles. The van der Waals surface area contributed by atoms with Crippen molar-refractivity contribution in [3.8, 4) is 5.69 Å². The molecule has 0 radical (unpaired) electrons. The van der Waals surface area contributed by atoms with E-state index in [-0.39, 0.29) is 11.2 Å². The van der Waals surface area contributed by atoms with Gasteiger partial charge in [-0.2, -0.15) is 0 Å². The molecule has 0 aliphatic heterocycles. The molecule has 0 fully saturated rings. The molecule has 0 saturated heterocycles. The first kappa shape index (κ1) is 16.6. The molecule has 0 spiro atoms. The monoisotopic (exact) mass is 336 g/mol. The Balaban J connectivity index is 2.17. The average Bonchev–Trinajstić information content (AvgIpc) is 2.95. The van der Waals surface area contributed by atoms with Gasteiger partial charge in [0.25, 0.3) is 0 Å².